The lowest BCUT2D eigenvalue weighted by atomic mass is 10.1. The van der Waals surface area contributed by atoms with E-state index >= 15 is 0 Å². The van der Waals surface area contributed by atoms with Gasteiger partial charge in [-0.15, -0.1) is 10.2 Å². The highest BCUT2D eigenvalue weighted by molar-refractivity contribution is 7.99. The normalized spacial score (nSPS) is 10.6. The summed E-state index contributed by atoms with van der Waals surface area (Å²) in [5.74, 6) is 0.417. The van der Waals surface area contributed by atoms with Crippen molar-refractivity contribution < 1.29 is 14.6 Å². The van der Waals surface area contributed by atoms with Crippen LogP contribution in [-0.2, 0) is 11.2 Å². The fourth-order valence-electron chi connectivity index (χ4n) is 2.47. The summed E-state index contributed by atoms with van der Waals surface area (Å²) in [6.45, 7) is 0. The van der Waals surface area contributed by atoms with E-state index in [1.807, 2.05) is 59.2 Å². The number of para-hydroxylation sites is 2. The Labute approximate surface area is 149 Å². The summed E-state index contributed by atoms with van der Waals surface area (Å²) in [5.41, 5.74) is 1.88. The second-order valence-electron chi connectivity index (χ2n) is 5.25. The Bertz CT molecular complexity index is 865. The maximum Gasteiger partial charge on any atom is 0.313 e. The average molecular weight is 355 g/mol. The summed E-state index contributed by atoms with van der Waals surface area (Å²) >= 11 is 1.13. The van der Waals surface area contributed by atoms with Gasteiger partial charge in [-0.05, 0) is 17.7 Å². The first kappa shape index (κ1) is 17.0. The minimum atomic E-state index is -0.899. The molecule has 0 saturated carbocycles. The number of rotatable bonds is 7. The van der Waals surface area contributed by atoms with Crippen LogP contribution in [0, 0.1) is 0 Å². The lowest BCUT2D eigenvalue weighted by molar-refractivity contribution is -0.133. The second-order valence-corrected chi connectivity index (χ2v) is 6.19. The number of thioether (sulfide) groups is 1. The van der Waals surface area contributed by atoms with E-state index < -0.39 is 5.97 Å². The molecule has 25 heavy (non-hydrogen) atoms. The van der Waals surface area contributed by atoms with Gasteiger partial charge in [0, 0.05) is 6.42 Å². The van der Waals surface area contributed by atoms with Gasteiger partial charge in [0.1, 0.15) is 11.6 Å². The summed E-state index contributed by atoms with van der Waals surface area (Å²) in [7, 11) is 1.60. The zero-order valence-corrected chi connectivity index (χ0v) is 14.4. The van der Waals surface area contributed by atoms with Crippen molar-refractivity contribution >= 4 is 17.7 Å². The van der Waals surface area contributed by atoms with E-state index in [1.165, 1.54) is 0 Å². The van der Waals surface area contributed by atoms with Crippen molar-refractivity contribution in [1.82, 2.24) is 14.8 Å². The molecule has 6 nitrogen and oxygen atoms in total. The number of aromatic nitrogens is 3. The standard InChI is InChI=1S/C18H17N3O3S/c1-24-15-10-6-5-9-14(15)21-16(11-13-7-3-2-4-8-13)19-20-18(21)25-12-17(22)23/h2-10H,11-12H2,1H3,(H,22,23). The number of hydrogen-bond acceptors (Lipinski definition) is 5. The number of hydrogen-bond donors (Lipinski definition) is 1. The van der Waals surface area contributed by atoms with Crippen LogP contribution >= 0.6 is 11.8 Å². The summed E-state index contributed by atoms with van der Waals surface area (Å²) in [6.07, 6.45) is 0.583. The van der Waals surface area contributed by atoms with E-state index in [0.717, 1.165) is 28.8 Å². The lowest BCUT2D eigenvalue weighted by Crippen LogP contribution is -2.07. The number of carbonyl (C=O) groups is 1. The Hall–Kier alpha value is -2.80. The maximum absolute atomic E-state index is 10.9. The molecular weight excluding hydrogens is 338 g/mol. The lowest BCUT2D eigenvalue weighted by Gasteiger charge is -2.13. The molecule has 0 aliphatic carbocycles. The highest BCUT2D eigenvalue weighted by Gasteiger charge is 2.18. The van der Waals surface area contributed by atoms with Crippen LogP contribution in [0.25, 0.3) is 5.69 Å². The molecule has 7 heteroatoms. The predicted octanol–water partition coefficient (Wildman–Crippen LogP) is 3.04. The van der Waals surface area contributed by atoms with E-state index in [-0.39, 0.29) is 5.75 Å². The topological polar surface area (TPSA) is 77.2 Å². The Morgan fingerprint density at radius 3 is 2.56 bits per heavy atom. The van der Waals surface area contributed by atoms with Crippen LogP contribution in [0.15, 0.2) is 59.8 Å². The quantitative estimate of drug-likeness (QED) is 0.657. The van der Waals surface area contributed by atoms with Crippen LogP contribution in [-0.4, -0.2) is 38.7 Å². The van der Waals surface area contributed by atoms with Crippen LogP contribution in [0.1, 0.15) is 11.4 Å². The van der Waals surface area contributed by atoms with E-state index in [0.29, 0.717) is 17.3 Å². The van der Waals surface area contributed by atoms with Crippen molar-refractivity contribution in [3.05, 3.63) is 66.0 Å². The van der Waals surface area contributed by atoms with Crippen molar-refractivity contribution in [2.24, 2.45) is 0 Å². The molecule has 0 aliphatic rings. The summed E-state index contributed by atoms with van der Waals surface area (Å²) < 4.78 is 7.31. The van der Waals surface area contributed by atoms with Crippen molar-refractivity contribution in [2.75, 3.05) is 12.9 Å². The molecule has 3 aromatic rings. The highest BCUT2D eigenvalue weighted by Crippen LogP contribution is 2.29. The van der Waals surface area contributed by atoms with E-state index in [2.05, 4.69) is 10.2 Å². The largest absolute Gasteiger partial charge is 0.495 e. The van der Waals surface area contributed by atoms with Crippen LogP contribution in [0.4, 0.5) is 0 Å². The van der Waals surface area contributed by atoms with Crippen molar-refractivity contribution in [2.45, 2.75) is 11.6 Å². The van der Waals surface area contributed by atoms with Crippen LogP contribution in [0.3, 0.4) is 0 Å². The van der Waals surface area contributed by atoms with Crippen molar-refractivity contribution in [1.29, 1.82) is 0 Å². The molecule has 0 saturated heterocycles. The summed E-state index contributed by atoms with van der Waals surface area (Å²) in [6, 6.07) is 17.5. The van der Waals surface area contributed by atoms with Gasteiger partial charge in [0.25, 0.3) is 0 Å². The SMILES string of the molecule is COc1ccccc1-n1c(Cc2ccccc2)nnc1SCC(=O)O. The second kappa shape index (κ2) is 7.85. The number of nitrogens with zero attached hydrogens (tertiary/aromatic N) is 3. The molecule has 3 rings (SSSR count). The van der Waals surface area contributed by atoms with E-state index in [4.69, 9.17) is 9.84 Å². The molecule has 128 valence electrons. The molecule has 0 spiro atoms. The Morgan fingerprint density at radius 1 is 1.12 bits per heavy atom. The zero-order chi connectivity index (χ0) is 17.6. The van der Waals surface area contributed by atoms with Gasteiger partial charge in [-0.1, -0.05) is 54.2 Å². The molecule has 0 bridgehead atoms. The fraction of sp³-hybridized carbons (Fsp3) is 0.167. The number of benzene rings is 2. The molecule has 1 N–H and O–H groups in total. The Kier molecular flexibility index (Phi) is 5.35. The first-order valence-electron chi connectivity index (χ1n) is 7.65. The maximum atomic E-state index is 10.9. The smallest absolute Gasteiger partial charge is 0.313 e. The first-order chi connectivity index (χ1) is 12.2. The molecule has 0 fully saturated rings. The third kappa shape index (κ3) is 4.00. The zero-order valence-electron chi connectivity index (χ0n) is 13.6. The van der Waals surface area contributed by atoms with Gasteiger partial charge in [0.05, 0.1) is 18.6 Å². The predicted molar refractivity (Wildman–Crippen MR) is 95.5 cm³/mol. The molecule has 0 aliphatic heterocycles. The van der Waals surface area contributed by atoms with E-state index in [9.17, 15) is 4.79 Å². The summed E-state index contributed by atoms with van der Waals surface area (Å²) in [4.78, 5) is 10.9. The summed E-state index contributed by atoms with van der Waals surface area (Å²) in [5, 5.41) is 18.0. The third-order valence-corrected chi connectivity index (χ3v) is 4.47. The van der Waals surface area contributed by atoms with Gasteiger partial charge < -0.3 is 9.84 Å². The first-order valence-corrected chi connectivity index (χ1v) is 8.64. The highest BCUT2D eigenvalue weighted by atomic mass is 32.2. The number of ether oxygens (including phenoxy) is 1. The third-order valence-electron chi connectivity index (χ3n) is 3.56. The molecule has 1 heterocycles. The van der Waals surface area contributed by atoms with Crippen LogP contribution in [0.2, 0.25) is 0 Å². The molecule has 0 atom stereocenters. The molecule has 0 unspecified atom stereocenters. The van der Waals surface area contributed by atoms with Gasteiger partial charge in [0.15, 0.2) is 5.16 Å². The van der Waals surface area contributed by atoms with Gasteiger partial charge in [-0.25, -0.2) is 0 Å². The van der Waals surface area contributed by atoms with Gasteiger partial charge in [-0.3, -0.25) is 9.36 Å². The Balaban J connectivity index is 2.05. The average Bonchev–Trinajstić information content (AvgIpc) is 3.03. The van der Waals surface area contributed by atoms with Crippen molar-refractivity contribution in [3.8, 4) is 11.4 Å². The van der Waals surface area contributed by atoms with E-state index in [1.54, 1.807) is 7.11 Å². The minimum Gasteiger partial charge on any atom is -0.495 e. The number of aliphatic carboxylic acids is 1. The molecule has 1 aromatic heterocycles. The van der Waals surface area contributed by atoms with Crippen molar-refractivity contribution in [3.63, 3.8) is 0 Å². The van der Waals surface area contributed by atoms with Crippen LogP contribution < -0.4 is 4.74 Å². The number of carboxylic acid groups (broad SMARTS) is 1. The van der Waals surface area contributed by atoms with Gasteiger partial charge in [0.2, 0.25) is 0 Å². The number of carboxylic acids is 1. The molecule has 2 aromatic carbocycles. The van der Waals surface area contributed by atoms with Crippen LogP contribution in [0.5, 0.6) is 5.75 Å². The molecular formula is C18H17N3O3S. The number of methoxy groups -OCH3 is 1. The monoisotopic (exact) mass is 355 g/mol. The van der Waals surface area contributed by atoms with Gasteiger partial charge in [-0.2, -0.15) is 0 Å². The fourth-order valence-corrected chi connectivity index (χ4v) is 3.15. The molecule has 0 amide bonds. The minimum absolute atomic E-state index is 0.0847. The Morgan fingerprint density at radius 2 is 1.84 bits per heavy atom. The van der Waals surface area contributed by atoms with Gasteiger partial charge >= 0.3 is 5.97 Å². The molecule has 0 radical (unpaired) electrons.